The second-order valence-corrected chi connectivity index (χ2v) is 3.96. The SMILES string of the molecule is O=C(O)C1CCCN1c1ccc(C(F)(F)F)nn1. The molecule has 1 fully saturated rings. The van der Waals surface area contributed by atoms with Gasteiger partial charge in [0.15, 0.2) is 11.5 Å². The van der Waals surface area contributed by atoms with E-state index in [9.17, 15) is 18.0 Å². The molecule has 18 heavy (non-hydrogen) atoms. The van der Waals surface area contributed by atoms with Crippen molar-refractivity contribution in [3.8, 4) is 0 Å². The normalized spacial score (nSPS) is 20.2. The van der Waals surface area contributed by atoms with Crippen LogP contribution in [0.4, 0.5) is 19.0 Å². The van der Waals surface area contributed by atoms with Gasteiger partial charge in [-0.2, -0.15) is 13.2 Å². The Morgan fingerprint density at radius 1 is 1.39 bits per heavy atom. The largest absolute Gasteiger partial charge is 0.480 e. The third-order valence-corrected chi connectivity index (χ3v) is 2.77. The van der Waals surface area contributed by atoms with Gasteiger partial charge in [-0.3, -0.25) is 0 Å². The molecule has 2 heterocycles. The molecule has 1 unspecified atom stereocenters. The molecular weight excluding hydrogens is 251 g/mol. The Bertz CT molecular complexity index is 447. The van der Waals surface area contributed by atoms with Crippen molar-refractivity contribution in [3.63, 3.8) is 0 Å². The topological polar surface area (TPSA) is 66.3 Å². The van der Waals surface area contributed by atoms with Crippen molar-refractivity contribution in [1.82, 2.24) is 10.2 Å². The van der Waals surface area contributed by atoms with Gasteiger partial charge in [-0.1, -0.05) is 0 Å². The summed E-state index contributed by atoms with van der Waals surface area (Å²) in [6.45, 7) is 0.455. The molecule has 98 valence electrons. The zero-order valence-corrected chi connectivity index (χ0v) is 9.18. The van der Waals surface area contributed by atoms with Crippen molar-refractivity contribution in [1.29, 1.82) is 0 Å². The molecule has 1 aliphatic rings. The van der Waals surface area contributed by atoms with Crippen molar-refractivity contribution in [2.24, 2.45) is 0 Å². The number of aliphatic carboxylic acids is 1. The monoisotopic (exact) mass is 261 g/mol. The molecule has 8 heteroatoms. The fourth-order valence-electron chi connectivity index (χ4n) is 1.93. The van der Waals surface area contributed by atoms with Gasteiger partial charge in [0.2, 0.25) is 0 Å². The first-order valence-corrected chi connectivity index (χ1v) is 5.30. The van der Waals surface area contributed by atoms with Gasteiger partial charge in [0.05, 0.1) is 0 Å². The molecule has 0 aliphatic carbocycles. The summed E-state index contributed by atoms with van der Waals surface area (Å²) in [5, 5.41) is 15.5. The van der Waals surface area contributed by atoms with Crippen LogP contribution in [0.1, 0.15) is 18.5 Å². The summed E-state index contributed by atoms with van der Waals surface area (Å²) in [4.78, 5) is 12.4. The maximum Gasteiger partial charge on any atom is 0.435 e. The van der Waals surface area contributed by atoms with E-state index in [0.717, 1.165) is 12.1 Å². The number of alkyl halides is 3. The number of hydrogen-bond donors (Lipinski definition) is 1. The molecule has 1 aromatic rings. The van der Waals surface area contributed by atoms with Gasteiger partial charge in [0.25, 0.3) is 0 Å². The predicted octanol–water partition coefficient (Wildman–Crippen LogP) is 1.55. The zero-order valence-electron chi connectivity index (χ0n) is 9.18. The van der Waals surface area contributed by atoms with E-state index >= 15 is 0 Å². The van der Waals surface area contributed by atoms with Gasteiger partial charge in [-0.25, -0.2) is 4.79 Å². The minimum absolute atomic E-state index is 0.160. The summed E-state index contributed by atoms with van der Waals surface area (Å²) >= 11 is 0. The van der Waals surface area contributed by atoms with Crippen LogP contribution in [0.2, 0.25) is 0 Å². The third-order valence-electron chi connectivity index (χ3n) is 2.77. The van der Waals surface area contributed by atoms with Crippen LogP contribution in [0.15, 0.2) is 12.1 Å². The van der Waals surface area contributed by atoms with Crippen LogP contribution in [0, 0.1) is 0 Å². The summed E-state index contributed by atoms with van der Waals surface area (Å²) in [6, 6.07) is 1.22. The average Bonchev–Trinajstić information content (AvgIpc) is 2.77. The number of carboxylic acids is 1. The quantitative estimate of drug-likeness (QED) is 0.874. The number of rotatable bonds is 2. The Morgan fingerprint density at radius 2 is 2.11 bits per heavy atom. The molecule has 5 nitrogen and oxygen atoms in total. The van der Waals surface area contributed by atoms with Crippen molar-refractivity contribution >= 4 is 11.8 Å². The Hall–Kier alpha value is -1.86. The van der Waals surface area contributed by atoms with E-state index < -0.39 is 23.9 Å². The zero-order chi connectivity index (χ0) is 13.3. The minimum atomic E-state index is -4.54. The number of hydrogen-bond acceptors (Lipinski definition) is 4. The first-order chi connectivity index (χ1) is 8.39. The lowest BCUT2D eigenvalue weighted by molar-refractivity contribution is -0.142. The van der Waals surface area contributed by atoms with Crippen LogP contribution in [-0.2, 0) is 11.0 Å². The molecule has 1 saturated heterocycles. The molecule has 0 spiro atoms. The maximum absolute atomic E-state index is 12.3. The highest BCUT2D eigenvalue weighted by atomic mass is 19.4. The number of aromatic nitrogens is 2. The fraction of sp³-hybridized carbons (Fsp3) is 0.500. The molecule has 0 saturated carbocycles. The minimum Gasteiger partial charge on any atom is -0.480 e. The number of anilines is 1. The summed E-state index contributed by atoms with van der Waals surface area (Å²) < 4.78 is 36.9. The fourth-order valence-corrected chi connectivity index (χ4v) is 1.93. The van der Waals surface area contributed by atoms with Crippen molar-refractivity contribution in [2.45, 2.75) is 25.1 Å². The smallest absolute Gasteiger partial charge is 0.435 e. The van der Waals surface area contributed by atoms with E-state index in [4.69, 9.17) is 5.11 Å². The van der Waals surface area contributed by atoms with Crippen molar-refractivity contribution < 1.29 is 23.1 Å². The Morgan fingerprint density at radius 3 is 2.61 bits per heavy atom. The van der Waals surface area contributed by atoms with Gasteiger partial charge in [0.1, 0.15) is 6.04 Å². The molecule has 0 aromatic carbocycles. The average molecular weight is 261 g/mol. The van der Waals surface area contributed by atoms with Gasteiger partial charge in [0, 0.05) is 6.54 Å². The van der Waals surface area contributed by atoms with Gasteiger partial charge in [-0.05, 0) is 25.0 Å². The molecule has 0 bridgehead atoms. The summed E-state index contributed by atoms with van der Waals surface area (Å²) in [5.74, 6) is -0.845. The lowest BCUT2D eigenvalue weighted by atomic mass is 10.2. The van der Waals surface area contributed by atoms with Gasteiger partial charge in [-0.15, -0.1) is 10.2 Å². The van der Waals surface area contributed by atoms with Gasteiger partial charge < -0.3 is 10.0 Å². The lowest BCUT2D eigenvalue weighted by Gasteiger charge is -2.21. The Labute approximate surface area is 100 Å². The molecule has 1 atom stereocenters. The first kappa shape index (κ1) is 12.6. The summed E-state index contributed by atoms with van der Waals surface area (Å²) in [7, 11) is 0. The Kier molecular flexibility index (Phi) is 3.10. The van der Waals surface area contributed by atoms with E-state index in [-0.39, 0.29) is 5.82 Å². The molecular formula is C10H10F3N3O2. The van der Waals surface area contributed by atoms with Crippen LogP contribution in [0.5, 0.6) is 0 Å². The second kappa shape index (κ2) is 4.43. The number of carboxylic acid groups (broad SMARTS) is 1. The van der Waals surface area contributed by atoms with E-state index in [0.29, 0.717) is 19.4 Å². The third kappa shape index (κ3) is 2.36. The van der Waals surface area contributed by atoms with E-state index in [2.05, 4.69) is 10.2 Å². The molecule has 1 aliphatic heterocycles. The molecule has 0 radical (unpaired) electrons. The van der Waals surface area contributed by atoms with Crippen LogP contribution in [-0.4, -0.2) is 33.9 Å². The number of nitrogens with zero attached hydrogens (tertiary/aromatic N) is 3. The molecule has 2 rings (SSSR count). The highest BCUT2D eigenvalue weighted by Gasteiger charge is 2.35. The molecule has 1 N–H and O–H groups in total. The summed E-state index contributed by atoms with van der Waals surface area (Å²) in [5.41, 5.74) is -1.09. The summed E-state index contributed by atoms with van der Waals surface area (Å²) in [6.07, 6.45) is -3.42. The lowest BCUT2D eigenvalue weighted by Crippen LogP contribution is -2.36. The maximum atomic E-state index is 12.3. The van der Waals surface area contributed by atoms with Crippen LogP contribution in [0.3, 0.4) is 0 Å². The van der Waals surface area contributed by atoms with Crippen LogP contribution >= 0.6 is 0 Å². The first-order valence-electron chi connectivity index (χ1n) is 5.30. The van der Waals surface area contributed by atoms with E-state index in [1.807, 2.05) is 0 Å². The van der Waals surface area contributed by atoms with Crippen LogP contribution < -0.4 is 4.90 Å². The predicted molar refractivity (Wildman–Crippen MR) is 55.0 cm³/mol. The highest BCUT2D eigenvalue weighted by molar-refractivity contribution is 5.78. The number of carbonyl (C=O) groups is 1. The van der Waals surface area contributed by atoms with Crippen molar-refractivity contribution in [2.75, 3.05) is 11.4 Å². The Balaban J connectivity index is 2.22. The highest BCUT2D eigenvalue weighted by Crippen LogP contribution is 2.29. The van der Waals surface area contributed by atoms with E-state index in [1.54, 1.807) is 0 Å². The molecule has 1 aromatic heterocycles. The van der Waals surface area contributed by atoms with Crippen LogP contribution in [0.25, 0.3) is 0 Å². The second-order valence-electron chi connectivity index (χ2n) is 3.96. The number of halogens is 3. The molecule has 0 amide bonds. The standard InChI is InChI=1S/C10H10F3N3O2/c11-10(12,13)7-3-4-8(15-14-7)16-5-1-2-6(16)9(17)18/h3-4,6H,1-2,5H2,(H,17,18). The van der Waals surface area contributed by atoms with E-state index in [1.165, 1.54) is 4.90 Å². The van der Waals surface area contributed by atoms with Gasteiger partial charge >= 0.3 is 12.1 Å². The van der Waals surface area contributed by atoms with Crippen molar-refractivity contribution in [3.05, 3.63) is 17.8 Å².